The molecule has 3 aromatic carbocycles. The Hall–Kier alpha value is -3.77. The summed E-state index contributed by atoms with van der Waals surface area (Å²) in [6.07, 6.45) is 0. The Morgan fingerprint density at radius 1 is 1.06 bits per heavy atom. The number of methoxy groups -OCH3 is 1. The molecule has 0 aromatic heterocycles. The van der Waals surface area contributed by atoms with Gasteiger partial charge in [0.15, 0.2) is 0 Å². The number of ketones is 1. The average Bonchev–Trinajstić information content (AvgIpc) is 3.09. The van der Waals surface area contributed by atoms with E-state index < -0.39 is 17.7 Å². The van der Waals surface area contributed by atoms with E-state index in [0.717, 1.165) is 5.56 Å². The second-order valence-electron chi connectivity index (χ2n) is 7.84. The minimum absolute atomic E-state index is 0.0435. The Kier molecular flexibility index (Phi) is 6.61. The van der Waals surface area contributed by atoms with Crippen molar-refractivity contribution < 1.29 is 24.2 Å². The van der Waals surface area contributed by atoms with Gasteiger partial charge >= 0.3 is 0 Å². The molecule has 0 radical (unpaired) electrons. The third-order valence-corrected chi connectivity index (χ3v) is 5.89. The van der Waals surface area contributed by atoms with Crippen LogP contribution in [0.2, 0.25) is 5.02 Å². The maximum absolute atomic E-state index is 13.4. The first kappa shape index (κ1) is 23.4. The van der Waals surface area contributed by atoms with E-state index in [0.29, 0.717) is 28.6 Å². The molecule has 34 heavy (non-hydrogen) atoms. The maximum atomic E-state index is 13.4. The Balaban J connectivity index is 1.97. The average molecular weight is 478 g/mol. The molecule has 1 amide bonds. The van der Waals surface area contributed by atoms with Crippen molar-refractivity contribution in [3.05, 3.63) is 94.0 Å². The zero-order chi connectivity index (χ0) is 24.4. The van der Waals surface area contributed by atoms with E-state index in [9.17, 15) is 14.7 Å². The molecule has 1 heterocycles. The highest BCUT2D eigenvalue weighted by atomic mass is 35.5. The Morgan fingerprint density at radius 3 is 2.47 bits per heavy atom. The number of carbonyl (C=O) groups excluding carboxylic acids is 2. The SMILES string of the molecule is CCOc1cccc(N2C(=O)C(=O)/C(=C(/O)c3cc(C)cc(Cl)c3OC)C2c2ccccc2)c1. The molecule has 7 heteroatoms. The summed E-state index contributed by atoms with van der Waals surface area (Å²) in [6, 6.07) is 18.6. The van der Waals surface area contributed by atoms with E-state index >= 15 is 0 Å². The molecule has 3 aromatic rings. The van der Waals surface area contributed by atoms with Gasteiger partial charge in [-0.25, -0.2) is 0 Å². The number of aliphatic hydroxyl groups is 1. The lowest BCUT2D eigenvalue weighted by atomic mass is 9.94. The molecule has 1 saturated heterocycles. The molecule has 1 fully saturated rings. The first-order chi connectivity index (χ1) is 16.4. The van der Waals surface area contributed by atoms with Crippen molar-refractivity contribution in [1.29, 1.82) is 0 Å². The van der Waals surface area contributed by atoms with Crippen LogP contribution in [-0.2, 0) is 9.59 Å². The first-order valence-electron chi connectivity index (χ1n) is 10.8. The van der Waals surface area contributed by atoms with E-state index in [1.807, 2.05) is 44.2 Å². The van der Waals surface area contributed by atoms with Gasteiger partial charge < -0.3 is 14.6 Å². The minimum Gasteiger partial charge on any atom is -0.507 e. The molecule has 1 aliphatic heterocycles. The monoisotopic (exact) mass is 477 g/mol. The fourth-order valence-electron chi connectivity index (χ4n) is 4.20. The summed E-state index contributed by atoms with van der Waals surface area (Å²) in [7, 11) is 1.43. The summed E-state index contributed by atoms with van der Waals surface area (Å²) in [6.45, 7) is 4.14. The number of nitrogens with zero attached hydrogens (tertiary/aromatic N) is 1. The quantitative estimate of drug-likeness (QED) is 0.281. The molecular weight excluding hydrogens is 454 g/mol. The standard InChI is InChI=1S/C27H24ClNO5/c1-4-34-19-12-8-11-18(15-19)29-23(17-9-6-5-7-10-17)22(25(31)27(29)32)24(30)20-13-16(2)14-21(28)26(20)33-3/h5-15,23,30H,4H2,1-3H3/b24-22+. The van der Waals surface area contributed by atoms with Crippen molar-refractivity contribution in [2.45, 2.75) is 19.9 Å². The second kappa shape index (κ2) is 9.61. The van der Waals surface area contributed by atoms with E-state index in [1.165, 1.54) is 12.0 Å². The van der Waals surface area contributed by atoms with Crippen LogP contribution in [0.1, 0.15) is 29.7 Å². The molecule has 1 aliphatic rings. The van der Waals surface area contributed by atoms with Crippen LogP contribution >= 0.6 is 11.6 Å². The van der Waals surface area contributed by atoms with E-state index in [2.05, 4.69) is 0 Å². The predicted molar refractivity (Wildman–Crippen MR) is 132 cm³/mol. The van der Waals surface area contributed by atoms with Crippen molar-refractivity contribution >= 4 is 34.7 Å². The van der Waals surface area contributed by atoms with Gasteiger partial charge in [-0.15, -0.1) is 0 Å². The van der Waals surface area contributed by atoms with Crippen molar-refractivity contribution in [3.8, 4) is 11.5 Å². The summed E-state index contributed by atoms with van der Waals surface area (Å²) in [4.78, 5) is 28.1. The van der Waals surface area contributed by atoms with E-state index in [1.54, 1.807) is 36.4 Å². The lowest BCUT2D eigenvalue weighted by Crippen LogP contribution is -2.29. The molecule has 1 N–H and O–H groups in total. The Bertz CT molecular complexity index is 1290. The number of hydrogen-bond acceptors (Lipinski definition) is 5. The normalized spacial score (nSPS) is 17.2. The molecule has 1 atom stereocenters. The van der Waals surface area contributed by atoms with Crippen LogP contribution in [0.5, 0.6) is 11.5 Å². The molecule has 174 valence electrons. The number of benzene rings is 3. The van der Waals surface area contributed by atoms with Crippen molar-refractivity contribution in [2.75, 3.05) is 18.6 Å². The zero-order valence-corrected chi connectivity index (χ0v) is 19.8. The highest BCUT2D eigenvalue weighted by molar-refractivity contribution is 6.51. The zero-order valence-electron chi connectivity index (χ0n) is 19.0. The number of carbonyl (C=O) groups is 2. The van der Waals surface area contributed by atoms with Gasteiger partial charge in [0.05, 0.1) is 35.9 Å². The van der Waals surface area contributed by atoms with Gasteiger partial charge in [-0.3, -0.25) is 14.5 Å². The Labute approximate surface area is 203 Å². The van der Waals surface area contributed by atoms with E-state index in [4.69, 9.17) is 21.1 Å². The summed E-state index contributed by atoms with van der Waals surface area (Å²) < 4.78 is 11.0. The van der Waals surface area contributed by atoms with Gasteiger partial charge in [0, 0.05) is 11.8 Å². The fourth-order valence-corrected chi connectivity index (χ4v) is 4.55. The maximum Gasteiger partial charge on any atom is 0.300 e. The highest BCUT2D eigenvalue weighted by Crippen LogP contribution is 2.44. The van der Waals surface area contributed by atoms with Crippen LogP contribution in [0, 0.1) is 6.92 Å². The van der Waals surface area contributed by atoms with Gasteiger partial charge in [0.25, 0.3) is 11.7 Å². The molecular formula is C27H24ClNO5. The topological polar surface area (TPSA) is 76.1 Å². The molecule has 0 bridgehead atoms. The largest absolute Gasteiger partial charge is 0.507 e. The lowest BCUT2D eigenvalue weighted by molar-refractivity contribution is -0.132. The number of amides is 1. The van der Waals surface area contributed by atoms with Gasteiger partial charge in [0.2, 0.25) is 0 Å². The molecule has 1 unspecified atom stereocenters. The predicted octanol–water partition coefficient (Wildman–Crippen LogP) is 5.68. The number of aliphatic hydroxyl groups excluding tert-OH is 1. The van der Waals surface area contributed by atoms with Crippen LogP contribution in [0.15, 0.2) is 72.3 Å². The van der Waals surface area contributed by atoms with Gasteiger partial charge in [-0.1, -0.05) is 48.0 Å². The van der Waals surface area contributed by atoms with Crippen molar-refractivity contribution in [2.24, 2.45) is 0 Å². The van der Waals surface area contributed by atoms with Crippen LogP contribution in [0.3, 0.4) is 0 Å². The van der Waals surface area contributed by atoms with Gasteiger partial charge in [-0.05, 0) is 49.2 Å². The smallest absolute Gasteiger partial charge is 0.300 e. The first-order valence-corrected chi connectivity index (χ1v) is 11.2. The lowest BCUT2D eigenvalue weighted by Gasteiger charge is -2.26. The van der Waals surface area contributed by atoms with Gasteiger partial charge in [-0.2, -0.15) is 0 Å². The fraction of sp³-hybridized carbons (Fsp3) is 0.185. The van der Waals surface area contributed by atoms with E-state index in [-0.39, 0.29) is 22.6 Å². The minimum atomic E-state index is -0.859. The molecule has 0 spiro atoms. The second-order valence-corrected chi connectivity index (χ2v) is 8.24. The third-order valence-electron chi connectivity index (χ3n) is 5.61. The molecule has 0 saturated carbocycles. The Morgan fingerprint density at radius 2 is 1.79 bits per heavy atom. The summed E-state index contributed by atoms with van der Waals surface area (Å²) in [5.74, 6) is -1.10. The van der Waals surface area contributed by atoms with Gasteiger partial charge in [0.1, 0.15) is 17.3 Å². The number of halogens is 1. The highest BCUT2D eigenvalue weighted by Gasteiger charge is 2.47. The van der Waals surface area contributed by atoms with Crippen LogP contribution in [-0.4, -0.2) is 30.5 Å². The van der Waals surface area contributed by atoms with Crippen LogP contribution < -0.4 is 14.4 Å². The van der Waals surface area contributed by atoms with Crippen molar-refractivity contribution in [1.82, 2.24) is 0 Å². The number of aryl methyl sites for hydroxylation is 1. The number of ether oxygens (including phenoxy) is 2. The van der Waals surface area contributed by atoms with Crippen molar-refractivity contribution in [3.63, 3.8) is 0 Å². The van der Waals surface area contributed by atoms with Crippen LogP contribution in [0.25, 0.3) is 5.76 Å². The molecule has 4 rings (SSSR count). The number of hydrogen-bond donors (Lipinski definition) is 1. The number of Topliss-reactive ketones (excluding diaryl/α,β-unsaturated/α-hetero) is 1. The molecule has 0 aliphatic carbocycles. The number of rotatable bonds is 6. The van der Waals surface area contributed by atoms with Crippen LogP contribution in [0.4, 0.5) is 5.69 Å². The number of anilines is 1. The molecule has 6 nitrogen and oxygen atoms in total. The third kappa shape index (κ3) is 4.13. The summed E-state index contributed by atoms with van der Waals surface area (Å²) in [5.41, 5.74) is 2.12. The summed E-state index contributed by atoms with van der Waals surface area (Å²) in [5, 5.41) is 11.7. The summed E-state index contributed by atoms with van der Waals surface area (Å²) >= 11 is 6.34.